The van der Waals surface area contributed by atoms with Crippen LogP contribution in [0.15, 0.2) is 72.3 Å². The molecule has 0 saturated carbocycles. The number of nitrogens with one attached hydrogen (secondary N) is 1. The van der Waals surface area contributed by atoms with Crippen molar-refractivity contribution < 1.29 is 33.0 Å². The van der Waals surface area contributed by atoms with Gasteiger partial charge in [-0.1, -0.05) is 48.6 Å². The second-order valence-corrected chi connectivity index (χ2v) is 11.4. The van der Waals surface area contributed by atoms with E-state index in [0.717, 1.165) is 11.6 Å². The summed E-state index contributed by atoms with van der Waals surface area (Å²) in [4.78, 5) is 28.6. The Kier molecular flexibility index (Phi) is 12.1. The number of amides is 2. The molecule has 0 spiro atoms. The van der Waals surface area contributed by atoms with Crippen LogP contribution in [0, 0.1) is 23.0 Å². The molecule has 0 heterocycles. The minimum atomic E-state index is -1.48. The molecule has 2 aromatic carbocycles. The predicted octanol–water partition coefficient (Wildman–Crippen LogP) is 3.49. The first-order valence-corrected chi connectivity index (χ1v) is 14.3. The third-order valence-electron chi connectivity index (χ3n) is 8.06. The maximum Gasteiger partial charge on any atom is 0.244 e. The number of hydrogen-bond donors (Lipinski definition) is 3. The van der Waals surface area contributed by atoms with E-state index in [1.165, 1.54) is 26.4 Å². The highest BCUT2D eigenvalue weighted by Gasteiger charge is 2.50. The highest BCUT2D eigenvalue weighted by molar-refractivity contribution is 5.95. The van der Waals surface area contributed by atoms with Gasteiger partial charge in [0.05, 0.1) is 24.7 Å². The molecule has 1 aliphatic carbocycles. The second-order valence-electron chi connectivity index (χ2n) is 11.4. The molecule has 3 atom stereocenters. The van der Waals surface area contributed by atoms with Crippen molar-refractivity contribution in [3.63, 3.8) is 0 Å². The number of halogens is 2. The fourth-order valence-electron chi connectivity index (χ4n) is 5.61. The van der Waals surface area contributed by atoms with Crippen molar-refractivity contribution in [3.8, 4) is 0 Å². The van der Waals surface area contributed by atoms with Crippen LogP contribution in [-0.4, -0.2) is 75.0 Å². The number of methoxy groups -OCH3 is 2. The van der Waals surface area contributed by atoms with Crippen LogP contribution < -0.4 is 11.1 Å². The Balaban J connectivity index is 2.10. The summed E-state index contributed by atoms with van der Waals surface area (Å²) >= 11 is 0. The summed E-state index contributed by atoms with van der Waals surface area (Å²) in [5.41, 5.74) is 5.10. The summed E-state index contributed by atoms with van der Waals surface area (Å²) in [5, 5.41) is 15.3. The van der Waals surface area contributed by atoms with E-state index >= 15 is 0 Å². The van der Waals surface area contributed by atoms with E-state index in [2.05, 4.69) is 5.32 Å². The molecular formula is C33H43F2N3O5. The first-order valence-electron chi connectivity index (χ1n) is 14.3. The van der Waals surface area contributed by atoms with Gasteiger partial charge < -0.3 is 30.5 Å². The van der Waals surface area contributed by atoms with E-state index < -0.39 is 40.5 Å². The molecule has 0 bridgehead atoms. The van der Waals surface area contributed by atoms with Crippen LogP contribution in [0.2, 0.25) is 0 Å². The van der Waals surface area contributed by atoms with Gasteiger partial charge in [0.15, 0.2) is 0 Å². The molecule has 43 heavy (non-hydrogen) atoms. The normalized spacial score (nSPS) is 18.2. The van der Waals surface area contributed by atoms with Crippen molar-refractivity contribution >= 4 is 11.8 Å². The van der Waals surface area contributed by atoms with Gasteiger partial charge >= 0.3 is 0 Å². The number of aliphatic hydroxyl groups excluding tert-OH is 1. The van der Waals surface area contributed by atoms with Crippen LogP contribution in [0.3, 0.4) is 0 Å². The number of carbonyl (C=O) groups excluding carboxylic acids is 2. The van der Waals surface area contributed by atoms with Crippen LogP contribution in [0.4, 0.5) is 8.78 Å². The van der Waals surface area contributed by atoms with E-state index in [1.807, 2.05) is 44.2 Å². The monoisotopic (exact) mass is 599 g/mol. The predicted molar refractivity (Wildman–Crippen MR) is 161 cm³/mol. The molecule has 0 aromatic heterocycles. The highest BCUT2D eigenvalue weighted by Crippen LogP contribution is 2.44. The molecule has 3 rings (SSSR count). The van der Waals surface area contributed by atoms with Crippen LogP contribution in [0.5, 0.6) is 0 Å². The van der Waals surface area contributed by atoms with Crippen LogP contribution in [-0.2, 0) is 31.0 Å². The number of benzene rings is 2. The number of rotatable bonds is 16. The molecule has 0 fully saturated rings. The summed E-state index contributed by atoms with van der Waals surface area (Å²) in [5.74, 6) is -3.55. The smallest absolute Gasteiger partial charge is 0.244 e. The Morgan fingerprint density at radius 2 is 1.67 bits per heavy atom. The molecule has 10 heteroatoms. The average molecular weight is 600 g/mol. The van der Waals surface area contributed by atoms with Crippen molar-refractivity contribution in [1.82, 2.24) is 10.2 Å². The van der Waals surface area contributed by atoms with Gasteiger partial charge in [0.25, 0.3) is 0 Å². The van der Waals surface area contributed by atoms with Crippen molar-refractivity contribution in [2.75, 3.05) is 47.1 Å². The maximum atomic E-state index is 14.6. The number of aliphatic hydroxyl groups is 1. The van der Waals surface area contributed by atoms with Gasteiger partial charge in [0.1, 0.15) is 11.6 Å². The number of nitrogens with two attached hydrogens (primary N) is 1. The Hall–Kier alpha value is -3.44. The quantitative estimate of drug-likeness (QED) is 0.272. The SMILES string of the molecule is COCCN(CCOC)C(=O)C1([C@H](Cc2cc(F)cc(F)c2)[C@@H](O)CNC(C)(C)c2ccccc2)C=CC=C(C(N)=O)C1. The van der Waals surface area contributed by atoms with Crippen LogP contribution in [0.1, 0.15) is 31.4 Å². The lowest BCUT2D eigenvalue weighted by Crippen LogP contribution is -2.55. The lowest BCUT2D eigenvalue weighted by Gasteiger charge is -2.44. The van der Waals surface area contributed by atoms with Crippen molar-refractivity contribution in [2.45, 2.75) is 38.3 Å². The second kappa shape index (κ2) is 15.3. The van der Waals surface area contributed by atoms with E-state index in [1.54, 1.807) is 23.1 Å². The fraction of sp³-hybridized carbons (Fsp3) is 0.455. The van der Waals surface area contributed by atoms with E-state index in [9.17, 15) is 23.5 Å². The molecule has 8 nitrogen and oxygen atoms in total. The van der Waals surface area contributed by atoms with Gasteiger partial charge in [0.2, 0.25) is 11.8 Å². The van der Waals surface area contributed by atoms with E-state index in [0.29, 0.717) is 0 Å². The summed E-state index contributed by atoms with van der Waals surface area (Å²) in [6.07, 6.45) is 3.44. The maximum absolute atomic E-state index is 14.6. The molecule has 234 valence electrons. The van der Waals surface area contributed by atoms with Gasteiger partial charge in [-0.05, 0) is 49.9 Å². The number of allylic oxidation sites excluding steroid dienone is 2. The summed E-state index contributed by atoms with van der Waals surface area (Å²) in [7, 11) is 3.04. The molecule has 0 saturated heterocycles. The third-order valence-corrected chi connectivity index (χ3v) is 8.06. The zero-order valence-corrected chi connectivity index (χ0v) is 25.3. The van der Waals surface area contributed by atoms with Gasteiger partial charge in [0, 0.05) is 57.0 Å². The highest BCUT2D eigenvalue weighted by atomic mass is 19.1. The average Bonchev–Trinajstić information content (AvgIpc) is 2.98. The largest absolute Gasteiger partial charge is 0.391 e. The van der Waals surface area contributed by atoms with E-state index in [4.69, 9.17) is 15.2 Å². The molecule has 2 amide bonds. The number of hydrogen-bond acceptors (Lipinski definition) is 6. The molecule has 0 aliphatic heterocycles. The van der Waals surface area contributed by atoms with Crippen molar-refractivity contribution in [1.29, 1.82) is 0 Å². The lowest BCUT2D eigenvalue weighted by atomic mass is 9.63. The van der Waals surface area contributed by atoms with Gasteiger partial charge in [-0.3, -0.25) is 9.59 Å². The number of primary amides is 1. The number of nitrogens with zero attached hydrogens (tertiary/aromatic N) is 1. The van der Waals surface area contributed by atoms with Crippen molar-refractivity contribution in [3.05, 3.63) is 95.1 Å². The first-order chi connectivity index (χ1) is 20.4. The molecule has 4 N–H and O–H groups in total. The summed E-state index contributed by atoms with van der Waals surface area (Å²) in [6, 6.07) is 12.8. The molecule has 1 unspecified atom stereocenters. The van der Waals surface area contributed by atoms with E-state index in [-0.39, 0.29) is 62.7 Å². The van der Waals surface area contributed by atoms with Gasteiger partial charge in [-0.25, -0.2) is 8.78 Å². The topological polar surface area (TPSA) is 114 Å². The zero-order chi connectivity index (χ0) is 31.6. The Bertz CT molecular complexity index is 1270. The van der Waals surface area contributed by atoms with Gasteiger partial charge in [-0.15, -0.1) is 0 Å². The Morgan fingerprint density at radius 3 is 2.23 bits per heavy atom. The molecule has 0 radical (unpaired) electrons. The summed E-state index contributed by atoms with van der Waals surface area (Å²) < 4.78 is 39.2. The standard InChI is InChI=1S/C33H43F2N3O5/c1-32(2,25-10-6-5-7-11-25)37-22-29(39)28(19-23-17-26(34)20-27(35)18-23)33(12-8-9-24(21-33)30(36)40)31(41)38(13-15-42-3)14-16-43-4/h5-12,17-18,20,28-29,37,39H,13-16,19,21-22H2,1-4H3,(H2,36,40)/t28-,29+,33?/m1/s1. The number of ether oxygens (including phenoxy) is 2. The minimum Gasteiger partial charge on any atom is -0.391 e. The Labute approximate surface area is 252 Å². The van der Waals surface area contributed by atoms with Crippen LogP contribution >= 0.6 is 0 Å². The molecule has 1 aliphatic rings. The Morgan fingerprint density at radius 1 is 1.07 bits per heavy atom. The lowest BCUT2D eigenvalue weighted by molar-refractivity contribution is -0.146. The van der Waals surface area contributed by atoms with Crippen LogP contribution in [0.25, 0.3) is 0 Å². The molecule has 2 aromatic rings. The molecular weight excluding hydrogens is 556 g/mol. The van der Waals surface area contributed by atoms with Gasteiger partial charge in [-0.2, -0.15) is 0 Å². The fourth-order valence-corrected chi connectivity index (χ4v) is 5.61. The summed E-state index contributed by atoms with van der Waals surface area (Å²) in [6.45, 7) is 4.91. The minimum absolute atomic E-state index is 0.0407. The zero-order valence-electron chi connectivity index (χ0n) is 25.3. The third kappa shape index (κ3) is 8.79. The number of carbonyl (C=O) groups is 2. The first kappa shape index (κ1) is 34.1. The van der Waals surface area contributed by atoms with Crippen molar-refractivity contribution in [2.24, 2.45) is 17.1 Å².